The average Bonchev–Trinajstić information content (AvgIpc) is 3.49. The molecule has 200 valence electrons. The molecule has 5 rings (SSSR count). The summed E-state index contributed by atoms with van der Waals surface area (Å²) in [5, 5.41) is 20.5. The van der Waals surface area contributed by atoms with Crippen LogP contribution in [0.25, 0.3) is 0 Å². The number of likely N-dealkylation sites (tertiary alicyclic amines) is 1. The third kappa shape index (κ3) is 7.73. The molecule has 0 aliphatic carbocycles. The largest absolute Gasteiger partial charge is 0.481 e. The van der Waals surface area contributed by atoms with Gasteiger partial charge in [0.2, 0.25) is 0 Å². The summed E-state index contributed by atoms with van der Waals surface area (Å²) in [7, 11) is 0. The van der Waals surface area contributed by atoms with E-state index in [0.29, 0.717) is 31.4 Å². The fourth-order valence-corrected chi connectivity index (χ4v) is 5.16. The zero-order valence-electron chi connectivity index (χ0n) is 20.8. The minimum atomic E-state index is -0.833. The van der Waals surface area contributed by atoms with Crippen molar-refractivity contribution in [3.8, 4) is 0 Å². The molecular weight excluding hydrogens is 501 g/mol. The SMILES string of the molecule is CC(=O)O.NC1=NN=C(N2CCC(N3C[C@H](Cn4cc(F)cn4)OC[C@@H]3Cc3ccc(Cl)cc3)CC2)C1. The molecule has 2 fully saturated rings. The van der Waals surface area contributed by atoms with Gasteiger partial charge in [-0.15, -0.1) is 10.2 Å². The molecule has 0 amide bonds. The topological polar surface area (TPSA) is 122 Å². The van der Waals surface area contributed by atoms with Crippen LogP contribution >= 0.6 is 11.6 Å². The number of hydrogen-bond donors (Lipinski definition) is 2. The predicted molar refractivity (Wildman–Crippen MR) is 139 cm³/mol. The number of amidine groups is 2. The number of piperidine rings is 1. The minimum Gasteiger partial charge on any atom is -0.481 e. The minimum absolute atomic E-state index is 0.0313. The van der Waals surface area contributed by atoms with Crippen LogP contribution in [-0.2, 0) is 22.5 Å². The first-order valence-corrected chi connectivity index (χ1v) is 12.8. The van der Waals surface area contributed by atoms with E-state index in [1.54, 1.807) is 4.68 Å². The Hall–Kier alpha value is -3.02. The lowest BCUT2D eigenvalue weighted by molar-refractivity contribution is -0.134. The van der Waals surface area contributed by atoms with Crippen LogP contribution in [0.2, 0.25) is 5.02 Å². The Bertz CT molecular complexity index is 1110. The van der Waals surface area contributed by atoms with Gasteiger partial charge in [0.15, 0.2) is 5.82 Å². The van der Waals surface area contributed by atoms with E-state index in [2.05, 4.69) is 37.2 Å². The van der Waals surface area contributed by atoms with Crippen molar-refractivity contribution >= 4 is 29.2 Å². The third-order valence-corrected chi connectivity index (χ3v) is 6.97. The molecule has 0 spiro atoms. The number of morpholine rings is 1. The number of nitrogens with zero attached hydrogens (tertiary/aromatic N) is 6. The van der Waals surface area contributed by atoms with Crippen molar-refractivity contribution in [3.63, 3.8) is 0 Å². The molecule has 0 unspecified atom stereocenters. The quantitative estimate of drug-likeness (QED) is 0.606. The Labute approximate surface area is 220 Å². The van der Waals surface area contributed by atoms with Gasteiger partial charge >= 0.3 is 0 Å². The molecule has 3 aliphatic rings. The molecule has 2 aromatic rings. The predicted octanol–water partition coefficient (Wildman–Crippen LogP) is 2.62. The molecule has 3 N–H and O–H groups in total. The third-order valence-electron chi connectivity index (χ3n) is 6.72. The van der Waals surface area contributed by atoms with Crippen LogP contribution in [0.15, 0.2) is 46.9 Å². The molecule has 12 heteroatoms. The van der Waals surface area contributed by atoms with Crippen molar-refractivity contribution in [2.45, 2.75) is 57.3 Å². The second kappa shape index (κ2) is 12.5. The Kier molecular flexibility index (Phi) is 9.12. The van der Waals surface area contributed by atoms with Gasteiger partial charge in [-0.05, 0) is 37.0 Å². The second-order valence-electron chi connectivity index (χ2n) is 9.54. The molecule has 37 heavy (non-hydrogen) atoms. The van der Waals surface area contributed by atoms with Crippen molar-refractivity contribution in [2.24, 2.45) is 15.9 Å². The summed E-state index contributed by atoms with van der Waals surface area (Å²) in [5.41, 5.74) is 7.05. The fraction of sp³-hybridized carbons (Fsp3) is 0.520. The maximum absolute atomic E-state index is 13.4. The van der Waals surface area contributed by atoms with Crippen molar-refractivity contribution < 1.29 is 19.0 Å². The lowest BCUT2D eigenvalue weighted by atomic mass is 9.96. The highest BCUT2D eigenvalue weighted by atomic mass is 35.5. The fourth-order valence-electron chi connectivity index (χ4n) is 5.04. The number of aromatic nitrogens is 2. The summed E-state index contributed by atoms with van der Waals surface area (Å²) in [6, 6.07) is 8.77. The number of rotatable bonds is 5. The van der Waals surface area contributed by atoms with Crippen molar-refractivity contribution in [3.05, 3.63) is 53.1 Å². The van der Waals surface area contributed by atoms with Crippen LogP contribution in [0.4, 0.5) is 4.39 Å². The molecule has 1 aromatic carbocycles. The number of ether oxygens (including phenoxy) is 1. The number of carbonyl (C=O) groups is 1. The summed E-state index contributed by atoms with van der Waals surface area (Å²) >= 11 is 6.08. The standard InChI is InChI=1S/C23H29ClFN7O.C2H4O2/c24-17-3-1-16(2-4-17)9-20-15-33-21(13-31-12-18(25)11-27-31)14-32(20)19-5-7-30(8-6-19)23-10-22(26)28-29-23;1-2(3)4/h1-4,11-12,19-21H,5-10,13-15H2,(H2,26,28);1H3,(H,3,4)/t20-,21-;/m0./s1. The number of hydrogen-bond acceptors (Lipinski definition) is 8. The van der Waals surface area contributed by atoms with Gasteiger partial charge in [-0.25, -0.2) is 4.39 Å². The van der Waals surface area contributed by atoms with Gasteiger partial charge in [-0.1, -0.05) is 23.7 Å². The van der Waals surface area contributed by atoms with Gasteiger partial charge in [-0.2, -0.15) is 5.10 Å². The summed E-state index contributed by atoms with van der Waals surface area (Å²) in [5.74, 6) is 0.403. The summed E-state index contributed by atoms with van der Waals surface area (Å²) in [6.07, 6.45) is 6.25. The van der Waals surface area contributed by atoms with Gasteiger partial charge in [0.1, 0.15) is 11.7 Å². The maximum Gasteiger partial charge on any atom is 0.300 e. The second-order valence-corrected chi connectivity index (χ2v) is 9.98. The van der Waals surface area contributed by atoms with Gasteiger partial charge in [0.05, 0.1) is 38.1 Å². The highest BCUT2D eigenvalue weighted by Crippen LogP contribution is 2.26. The molecule has 10 nitrogen and oxygen atoms in total. The van der Waals surface area contributed by atoms with E-state index in [1.807, 2.05) is 12.1 Å². The highest BCUT2D eigenvalue weighted by Gasteiger charge is 2.36. The van der Waals surface area contributed by atoms with Gasteiger partial charge < -0.3 is 20.5 Å². The van der Waals surface area contributed by atoms with E-state index in [4.69, 9.17) is 32.0 Å². The number of benzene rings is 1. The first-order chi connectivity index (χ1) is 17.8. The zero-order valence-corrected chi connectivity index (χ0v) is 21.6. The molecule has 0 bridgehead atoms. The van der Waals surface area contributed by atoms with E-state index < -0.39 is 5.97 Å². The number of nitrogens with two attached hydrogens (primary N) is 1. The Morgan fingerprint density at radius 2 is 1.95 bits per heavy atom. The van der Waals surface area contributed by atoms with Crippen molar-refractivity contribution in [1.29, 1.82) is 0 Å². The van der Waals surface area contributed by atoms with E-state index >= 15 is 0 Å². The van der Waals surface area contributed by atoms with Crippen molar-refractivity contribution in [2.75, 3.05) is 26.2 Å². The normalized spacial score (nSPS) is 22.7. The number of carboxylic acids is 1. The lowest BCUT2D eigenvalue weighted by Crippen LogP contribution is -2.58. The van der Waals surface area contributed by atoms with Crippen LogP contribution in [0.3, 0.4) is 0 Å². The summed E-state index contributed by atoms with van der Waals surface area (Å²) in [4.78, 5) is 13.9. The first kappa shape index (κ1) is 27.0. The number of carboxylic acid groups (broad SMARTS) is 1. The Balaban J connectivity index is 0.000000747. The average molecular weight is 534 g/mol. The van der Waals surface area contributed by atoms with Gasteiger partial charge in [-0.3, -0.25) is 14.4 Å². The number of aliphatic carboxylic acids is 1. The maximum atomic E-state index is 13.4. The molecular formula is C25H33ClFN7O3. The number of halogens is 2. The first-order valence-electron chi connectivity index (χ1n) is 12.4. The van der Waals surface area contributed by atoms with E-state index in [0.717, 1.165) is 56.7 Å². The molecule has 3 aliphatic heterocycles. The van der Waals surface area contributed by atoms with Gasteiger partial charge in [0, 0.05) is 43.7 Å². The molecule has 2 saturated heterocycles. The monoisotopic (exact) mass is 533 g/mol. The van der Waals surface area contributed by atoms with Gasteiger partial charge in [0.25, 0.3) is 5.97 Å². The Morgan fingerprint density at radius 3 is 2.54 bits per heavy atom. The van der Waals surface area contributed by atoms with Crippen LogP contribution in [-0.4, -0.2) is 86.8 Å². The van der Waals surface area contributed by atoms with Crippen molar-refractivity contribution in [1.82, 2.24) is 19.6 Å². The van der Waals surface area contributed by atoms with Crippen LogP contribution in [0, 0.1) is 5.82 Å². The van der Waals surface area contributed by atoms with E-state index in [-0.39, 0.29) is 18.0 Å². The molecule has 4 heterocycles. The highest BCUT2D eigenvalue weighted by molar-refractivity contribution is 6.30. The molecule has 0 saturated carbocycles. The van der Waals surface area contributed by atoms with Crippen LogP contribution in [0.5, 0.6) is 0 Å². The molecule has 1 aromatic heterocycles. The lowest BCUT2D eigenvalue weighted by Gasteiger charge is -2.47. The summed E-state index contributed by atoms with van der Waals surface area (Å²) < 4.78 is 21.2. The smallest absolute Gasteiger partial charge is 0.300 e. The van der Waals surface area contributed by atoms with E-state index in [9.17, 15) is 4.39 Å². The van der Waals surface area contributed by atoms with Crippen LogP contribution in [0.1, 0.15) is 31.7 Å². The van der Waals surface area contributed by atoms with E-state index in [1.165, 1.54) is 18.0 Å². The molecule has 0 radical (unpaired) electrons. The Morgan fingerprint density at radius 1 is 1.24 bits per heavy atom. The van der Waals surface area contributed by atoms with Crippen LogP contribution < -0.4 is 5.73 Å². The summed E-state index contributed by atoms with van der Waals surface area (Å²) in [6.45, 7) is 4.93. The zero-order chi connectivity index (χ0) is 26.4. The molecule has 2 atom stereocenters.